The molecule has 0 heterocycles. The molecule has 0 fully saturated rings. The predicted molar refractivity (Wildman–Crippen MR) is 124 cm³/mol. The first-order valence-corrected chi connectivity index (χ1v) is 11.5. The van der Waals surface area contributed by atoms with Gasteiger partial charge in [0.2, 0.25) is 0 Å². The molecule has 2 N–H and O–H groups in total. The number of unbranched alkanes of at least 4 members (excludes halogenated alkanes) is 6. The highest BCUT2D eigenvalue weighted by Crippen LogP contribution is 2.36. The van der Waals surface area contributed by atoms with Crippen molar-refractivity contribution in [3.8, 4) is 11.5 Å². The van der Waals surface area contributed by atoms with E-state index in [9.17, 15) is 10.2 Å². The molecule has 0 aromatic heterocycles. The maximum absolute atomic E-state index is 10.3. The average Bonchev–Trinajstić information content (AvgIpc) is 2.70. The Morgan fingerprint density at radius 1 is 0.621 bits per heavy atom. The van der Waals surface area contributed by atoms with Gasteiger partial charge in [0.05, 0.1) is 0 Å². The van der Waals surface area contributed by atoms with Gasteiger partial charge in [0.25, 0.3) is 0 Å². The van der Waals surface area contributed by atoms with E-state index in [1.165, 1.54) is 49.7 Å². The minimum absolute atomic E-state index is 0.183. The second-order valence-corrected chi connectivity index (χ2v) is 8.93. The van der Waals surface area contributed by atoms with Crippen LogP contribution in [-0.2, 0) is 18.3 Å². The van der Waals surface area contributed by atoms with Gasteiger partial charge in [0.15, 0.2) is 0 Å². The van der Waals surface area contributed by atoms with E-state index in [0.29, 0.717) is 11.5 Å². The fourth-order valence-electron chi connectivity index (χ4n) is 4.00. The molecule has 2 rings (SSSR count). The summed E-state index contributed by atoms with van der Waals surface area (Å²) in [6.07, 6.45) is 11.5. The van der Waals surface area contributed by atoms with Gasteiger partial charge in [-0.1, -0.05) is 90.5 Å². The molecular formula is C27H40O2. The third-order valence-electron chi connectivity index (χ3n) is 6.20. The lowest BCUT2D eigenvalue weighted by molar-refractivity contribution is 0.464. The second kappa shape index (κ2) is 11.3. The quantitative estimate of drug-likeness (QED) is 0.361. The number of rotatable bonds is 12. The third-order valence-corrected chi connectivity index (χ3v) is 6.20. The first-order chi connectivity index (χ1) is 13.9. The zero-order valence-electron chi connectivity index (χ0n) is 18.9. The van der Waals surface area contributed by atoms with Crippen molar-refractivity contribution in [1.29, 1.82) is 0 Å². The van der Waals surface area contributed by atoms with Crippen molar-refractivity contribution < 1.29 is 10.2 Å². The molecule has 0 spiro atoms. The molecule has 2 aromatic carbocycles. The Bertz CT molecular complexity index is 698. The van der Waals surface area contributed by atoms with Crippen LogP contribution >= 0.6 is 0 Å². The molecule has 29 heavy (non-hydrogen) atoms. The predicted octanol–water partition coefficient (Wildman–Crippen LogP) is 7.67. The van der Waals surface area contributed by atoms with Crippen LogP contribution in [0.2, 0.25) is 0 Å². The van der Waals surface area contributed by atoms with Crippen LogP contribution in [0.3, 0.4) is 0 Å². The summed E-state index contributed by atoms with van der Waals surface area (Å²) in [5, 5.41) is 20.6. The lowest BCUT2D eigenvalue weighted by Gasteiger charge is -2.28. The molecule has 0 aliphatic rings. The highest BCUT2D eigenvalue weighted by molar-refractivity contribution is 5.47. The summed E-state index contributed by atoms with van der Waals surface area (Å²) >= 11 is 0. The van der Waals surface area contributed by atoms with Crippen LogP contribution in [0, 0.1) is 0 Å². The summed E-state index contributed by atoms with van der Waals surface area (Å²) in [7, 11) is 0. The SMILES string of the molecule is CCCCCCc1cc(C(C)(C)c2ccc(O)c(CCCCCC)c2)ccc1O. The van der Waals surface area contributed by atoms with Gasteiger partial charge in [0, 0.05) is 5.41 Å². The number of aromatic hydroxyl groups is 2. The van der Waals surface area contributed by atoms with Crippen molar-refractivity contribution in [2.24, 2.45) is 0 Å². The average molecular weight is 397 g/mol. The maximum atomic E-state index is 10.3. The van der Waals surface area contributed by atoms with Crippen LogP contribution in [0.4, 0.5) is 0 Å². The first kappa shape index (κ1) is 23.3. The zero-order chi connectivity index (χ0) is 21.3. The summed E-state index contributed by atoms with van der Waals surface area (Å²) < 4.78 is 0. The van der Waals surface area contributed by atoms with Gasteiger partial charge in [0.1, 0.15) is 11.5 Å². The Morgan fingerprint density at radius 2 is 1.03 bits per heavy atom. The molecule has 0 saturated heterocycles. The fraction of sp³-hybridized carbons (Fsp3) is 0.556. The normalized spacial score (nSPS) is 11.7. The monoisotopic (exact) mass is 396 g/mol. The van der Waals surface area contributed by atoms with Gasteiger partial charge >= 0.3 is 0 Å². The number of hydrogen-bond donors (Lipinski definition) is 2. The van der Waals surface area contributed by atoms with Gasteiger partial charge in [-0.2, -0.15) is 0 Å². The summed E-state index contributed by atoms with van der Waals surface area (Å²) in [6, 6.07) is 12.1. The molecular weight excluding hydrogens is 356 g/mol. The smallest absolute Gasteiger partial charge is 0.118 e. The molecule has 0 radical (unpaired) electrons. The van der Waals surface area contributed by atoms with E-state index < -0.39 is 0 Å². The summed E-state index contributed by atoms with van der Waals surface area (Å²) in [5.74, 6) is 0.812. The van der Waals surface area contributed by atoms with Gasteiger partial charge in [-0.15, -0.1) is 0 Å². The first-order valence-electron chi connectivity index (χ1n) is 11.5. The highest BCUT2D eigenvalue weighted by atomic mass is 16.3. The van der Waals surface area contributed by atoms with Gasteiger partial charge < -0.3 is 10.2 Å². The molecule has 0 atom stereocenters. The van der Waals surface area contributed by atoms with E-state index in [0.717, 1.165) is 36.8 Å². The van der Waals surface area contributed by atoms with Crippen LogP contribution in [0.5, 0.6) is 11.5 Å². The highest BCUT2D eigenvalue weighted by Gasteiger charge is 2.25. The standard InChI is InChI=1S/C27H40O2/c1-5-7-9-11-13-21-19-23(15-17-25(21)28)27(3,4)24-16-18-26(29)22(20-24)14-12-10-8-6-2/h15-20,28-29H,5-14H2,1-4H3. The van der Waals surface area contributed by atoms with E-state index in [4.69, 9.17) is 0 Å². The van der Waals surface area contributed by atoms with Crippen LogP contribution in [0.15, 0.2) is 36.4 Å². The van der Waals surface area contributed by atoms with Crippen molar-refractivity contribution in [1.82, 2.24) is 0 Å². The molecule has 0 aliphatic heterocycles. The number of phenolic OH excluding ortho intramolecular Hbond substituents is 2. The van der Waals surface area contributed by atoms with Crippen molar-refractivity contribution in [2.45, 2.75) is 97.3 Å². The lowest BCUT2D eigenvalue weighted by Crippen LogP contribution is -2.19. The Morgan fingerprint density at radius 3 is 1.41 bits per heavy atom. The largest absolute Gasteiger partial charge is 0.508 e. The Hall–Kier alpha value is -1.96. The molecule has 2 aromatic rings. The van der Waals surface area contributed by atoms with Crippen LogP contribution in [-0.4, -0.2) is 10.2 Å². The van der Waals surface area contributed by atoms with Gasteiger partial charge in [-0.3, -0.25) is 0 Å². The molecule has 0 amide bonds. The number of phenols is 2. The van der Waals surface area contributed by atoms with Crippen LogP contribution < -0.4 is 0 Å². The van der Waals surface area contributed by atoms with E-state index in [2.05, 4.69) is 39.8 Å². The second-order valence-electron chi connectivity index (χ2n) is 8.93. The van der Waals surface area contributed by atoms with Crippen LogP contribution in [0.1, 0.15) is 101 Å². The molecule has 0 aliphatic carbocycles. The van der Waals surface area contributed by atoms with Crippen molar-refractivity contribution in [3.63, 3.8) is 0 Å². The molecule has 0 saturated carbocycles. The maximum Gasteiger partial charge on any atom is 0.118 e. The summed E-state index contributed by atoms with van der Waals surface area (Å²) in [4.78, 5) is 0. The van der Waals surface area contributed by atoms with E-state index >= 15 is 0 Å². The Kier molecular flexibility index (Phi) is 9.07. The van der Waals surface area contributed by atoms with Crippen molar-refractivity contribution >= 4 is 0 Å². The van der Waals surface area contributed by atoms with Crippen molar-refractivity contribution in [2.75, 3.05) is 0 Å². The zero-order valence-corrected chi connectivity index (χ0v) is 18.9. The number of aryl methyl sites for hydroxylation is 2. The Balaban J connectivity index is 2.20. The molecule has 2 nitrogen and oxygen atoms in total. The van der Waals surface area contributed by atoms with E-state index in [-0.39, 0.29) is 5.41 Å². The minimum Gasteiger partial charge on any atom is -0.508 e. The molecule has 0 unspecified atom stereocenters. The minimum atomic E-state index is -0.183. The van der Waals surface area contributed by atoms with E-state index in [1.807, 2.05) is 24.3 Å². The van der Waals surface area contributed by atoms with Crippen molar-refractivity contribution in [3.05, 3.63) is 58.7 Å². The molecule has 160 valence electrons. The lowest BCUT2D eigenvalue weighted by atomic mass is 9.76. The number of hydrogen-bond acceptors (Lipinski definition) is 2. The third kappa shape index (κ3) is 6.52. The molecule has 0 bridgehead atoms. The van der Waals surface area contributed by atoms with Gasteiger partial charge in [-0.25, -0.2) is 0 Å². The summed E-state index contributed by atoms with van der Waals surface area (Å²) in [5.41, 5.74) is 4.33. The fourth-order valence-corrected chi connectivity index (χ4v) is 4.00. The number of benzene rings is 2. The van der Waals surface area contributed by atoms with E-state index in [1.54, 1.807) is 0 Å². The Labute approximate surface area is 178 Å². The van der Waals surface area contributed by atoms with Gasteiger partial charge in [-0.05, 0) is 60.1 Å². The van der Waals surface area contributed by atoms with Crippen LogP contribution in [0.25, 0.3) is 0 Å². The molecule has 2 heteroatoms. The topological polar surface area (TPSA) is 40.5 Å². The summed E-state index contributed by atoms with van der Waals surface area (Å²) in [6.45, 7) is 8.90.